The first-order valence-corrected chi connectivity index (χ1v) is 12.6. The van der Waals surface area contributed by atoms with Crippen LogP contribution in [0.3, 0.4) is 0 Å². The van der Waals surface area contributed by atoms with Crippen molar-refractivity contribution in [3.8, 4) is 0 Å². The van der Waals surface area contributed by atoms with Crippen LogP contribution in [0.25, 0.3) is 0 Å². The molecule has 0 aliphatic carbocycles. The Hall–Kier alpha value is -3.43. The predicted molar refractivity (Wildman–Crippen MR) is 126 cm³/mol. The number of aliphatic carboxylic acids is 1. The Morgan fingerprint density at radius 1 is 1.34 bits per heavy atom. The summed E-state index contributed by atoms with van der Waals surface area (Å²) in [5.74, 6) is -2.61. The molecule has 0 radical (unpaired) electrons. The number of β-lactam (4-membered cyclic amide) rings is 1. The number of carbonyl (C=O) groups excluding carboxylic acids is 3. The van der Waals surface area contributed by atoms with Gasteiger partial charge in [0.2, 0.25) is 5.91 Å². The summed E-state index contributed by atoms with van der Waals surface area (Å²) in [6, 6.07) is -0.862. The van der Waals surface area contributed by atoms with Crippen LogP contribution in [0.4, 0.5) is 5.13 Å². The highest BCUT2D eigenvalue weighted by atomic mass is 32.2. The number of oxime groups is 1. The Morgan fingerprint density at radius 3 is 2.71 bits per heavy atom. The maximum Gasteiger partial charge on any atom is 0.352 e. The number of carbonyl (C=O) groups is 4. The third-order valence-electron chi connectivity index (χ3n) is 6.27. The smallest absolute Gasteiger partial charge is 0.352 e. The second kappa shape index (κ2) is 8.98. The van der Waals surface area contributed by atoms with E-state index in [-0.39, 0.29) is 34.2 Å². The van der Waals surface area contributed by atoms with Crippen molar-refractivity contribution in [2.24, 2.45) is 5.16 Å². The molecule has 0 spiro atoms. The molecule has 184 valence electrons. The van der Waals surface area contributed by atoms with E-state index in [1.54, 1.807) is 11.0 Å². The average molecular weight is 520 g/mol. The molecule has 6 N–H and O–H groups in total. The summed E-state index contributed by atoms with van der Waals surface area (Å²) in [5.41, 5.74) is 5.91. The lowest BCUT2D eigenvalue weighted by molar-refractivity contribution is -0.150. The Balaban J connectivity index is 1.33. The lowest BCUT2D eigenvalue weighted by atomic mass is 10.0. The zero-order valence-corrected chi connectivity index (χ0v) is 19.8. The van der Waals surface area contributed by atoms with Crippen molar-refractivity contribution >= 4 is 57.6 Å². The van der Waals surface area contributed by atoms with Crippen LogP contribution in [-0.4, -0.2) is 97.3 Å². The van der Waals surface area contributed by atoms with E-state index in [0.29, 0.717) is 24.1 Å². The number of carboxylic acid groups (broad SMARTS) is 1. The van der Waals surface area contributed by atoms with Gasteiger partial charge in [0.15, 0.2) is 10.8 Å². The number of likely N-dealkylation sites (tertiary alicyclic amines) is 1. The molecule has 4 aliphatic rings. The van der Waals surface area contributed by atoms with E-state index in [9.17, 15) is 29.5 Å². The molecule has 0 bridgehead atoms. The van der Waals surface area contributed by atoms with Gasteiger partial charge in [-0.3, -0.25) is 19.3 Å². The number of rotatable bonds is 6. The number of nitrogens with one attached hydrogen (secondary N) is 2. The third kappa shape index (κ3) is 3.94. The fraction of sp³-hybridized carbons (Fsp3) is 0.400. The molecule has 35 heavy (non-hydrogen) atoms. The molecule has 4 aliphatic heterocycles. The first-order chi connectivity index (χ1) is 16.8. The van der Waals surface area contributed by atoms with Gasteiger partial charge in [-0.25, -0.2) is 9.78 Å². The number of amides is 3. The van der Waals surface area contributed by atoms with Gasteiger partial charge in [0.1, 0.15) is 22.8 Å². The molecule has 5 heterocycles. The normalized spacial score (nSPS) is 26.1. The highest BCUT2D eigenvalue weighted by molar-refractivity contribution is 8.00. The molecule has 3 amide bonds. The van der Waals surface area contributed by atoms with Gasteiger partial charge in [-0.2, -0.15) is 0 Å². The van der Waals surface area contributed by atoms with Crippen LogP contribution in [0.2, 0.25) is 0 Å². The first kappa shape index (κ1) is 23.3. The SMILES string of the molecule is Nc1nc(/C(=N/O)C(=O)N[C@@H]2C(=O)N3C(C(=O)O)=C(/C=C4\CCN(C5CNC5)C4=O)CS[C@H]23)cs1. The number of nitrogens with zero attached hydrogens (tertiary/aromatic N) is 4. The number of anilines is 1. The molecule has 2 atom stereocenters. The van der Waals surface area contributed by atoms with Crippen molar-refractivity contribution in [1.29, 1.82) is 0 Å². The topological polar surface area (TPSA) is 191 Å². The summed E-state index contributed by atoms with van der Waals surface area (Å²) in [7, 11) is 0. The molecule has 0 unspecified atom stereocenters. The molecule has 1 aromatic rings. The van der Waals surface area contributed by atoms with Gasteiger partial charge in [0, 0.05) is 36.3 Å². The summed E-state index contributed by atoms with van der Waals surface area (Å²) in [6.07, 6.45) is 2.10. The number of carboxylic acids is 1. The van der Waals surface area contributed by atoms with E-state index in [1.165, 1.54) is 17.1 Å². The van der Waals surface area contributed by atoms with E-state index in [0.717, 1.165) is 29.3 Å². The molecule has 3 fully saturated rings. The number of thioether (sulfide) groups is 1. The third-order valence-corrected chi connectivity index (χ3v) is 8.25. The molecule has 13 nitrogen and oxygen atoms in total. The number of aromatic nitrogens is 1. The van der Waals surface area contributed by atoms with E-state index in [1.807, 2.05) is 0 Å². The Morgan fingerprint density at radius 2 is 2.11 bits per heavy atom. The van der Waals surface area contributed by atoms with E-state index < -0.39 is 34.9 Å². The minimum atomic E-state index is -1.29. The van der Waals surface area contributed by atoms with Crippen LogP contribution in [0.1, 0.15) is 12.1 Å². The Bertz CT molecular complexity index is 1220. The van der Waals surface area contributed by atoms with Gasteiger partial charge < -0.3 is 31.6 Å². The molecule has 15 heteroatoms. The van der Waals surface area contributed by atoms with Crippen molar-refractivity contribution in [3.05, 3.63) is 34.0 Å². The van der Waals surface area contributed by atoms with Crippen molar-refractivity contribution in [2.75, 3.05) is 31.1 Å². The molecule has 0 saturated carbocycles. The highest BCUT2D eigenvalue weighted by Crippen LogP contribution is 2.41. The maximum atomic E-state index is 12.9. The van der Waals surface area contributed by atoms with Crippen LogP contribution < -0.4 is 16.4 Å². The summed E-state index contributed by atoms with van der Waals surface area (Å²) < 4.78 is 0. The summed E-state index contributed by atoms with van der Waals surface area (Å²) in [6.45, 7) is 2.07. The molecule has 1 aromatic heterocycles. The second-order valence-electron chi connectivity index (χ2n) is 8.29. The van der Waals surface area contributed by atoms with Gasteiger partial charge in [0.05, 0.1) is 6.04 Å². The van der Waals surface area contributed by atoms with Crippen LogP contribution in [0.15, 0.2) is 33.5 Å². The molecule has 5 rings (SSSR count). The number of hydrogen-bond donors (Lipinski definition) is 5. The van der Waals surface area contributed by atoms with Gasteiger partial charge in [0.25, 0.3) is 11.8 Å². The summed E-state index contributed by atoms with van der Waals surface area (Å²) >= 11 is 2.33. The quantitative estimate of drug-likeness (QED) is 0.1000. The van der Waals surface area contributed by atoms with Crippen molar-refractivity contribution in [1.82, 2.24) is 25.4 Å². The standard InChI is InChI=1S/C20H21N7O6S2/c21-20-23-11(7-35-20)12(25-33)15(28)24-13-17(30)27-14(19(31)32)9(6-34-18(13)27)3-8-1-2-26(16(8)29)10-4-22-5-10/h3,7,10,13,18,22,33H,1-2,4-6H2,(H2,21,23)(H,24,28)(H,31,32)/b8-3+,25-12-/t13-,18-/m1/s1. The lowest BCUT2D eigenvalue weighted by Gasteiger charge is -2.49. The van der Waals surface area contributed by atoms with Crippen LogP contribution in [0.5, 0.6) is 0 Å². The zero-order valence-electron chi connectivity index (χ0n) is 18.1. The largest absolute Gasteiger partial charge is 0.477 e. The monoisotopic (exact) mass is 519 g/mol. The van der Waals surface area contributed by atoms with E-state index in [2.05, 4.69) is 20.8 Å². The zero-order chi connectivity index (χ0) is 24.9. The summed E-state index contributed by atoms with van der Waals surface area (Å²) in [4.78, 5) is 57.2. The maximum absolute atomic E-state index is 12.9. The average Bonchev–Trinajstić information content (AvgIpc) is 3.37. The number of nitrogen functional groups attached to an aromatic ring is 1. The molecule has 3 saturated heterocycles. The fourth-order valence-electron chi connectivity index (χ4n) is 4.39. The van der Waals surface area contributed by atoms with Gasteiger partial charge in [-0.05, 0) is 18.1 Å². The molecule has 0 aromatic carbocycles. The van der Waals surface area contributed by atoms with Crippen LogP contribution in [0, 0.1) is 0 Å². The number of hydrogen-bond acceptors (Lipinski definition) is 11. The van der Waals surface area contributed by atoms with Crippen molar-refractivity contribution in [2.45, 2.75) is 23.9 Å². The number of nitrogens with two attached hydrogens (primary N) is 1. The highest BCUT2D eigenvalue weighted by Gasteiger charge is 2.54. The van der Waals surface area contributed by atoms with Gasteiger partial charge in [-0.15, -0.1) is 23.1 Å². The van der Waals surface area contributed by atoms with Gasteiger partial charge in [-0.1, -0.05) is 5.16 Å². The van der Waals surface area contributed by atoms with Crippen LogP contribution in [-0.2, 0) is 19.2 Å². The summed E-state index contributed by atoms with van der Waals surface area (Å²) in [5, 5.41) is 28.7. The first-order valence-electron chi connectivity index (χ1n) is 10.7. The second-order valence-corrected chi connectivity index (χ2v) is 10.3. The number of fused-ring (bicyclic) bond motifs is 1. The molecular weight excluding hydrogens is 498 g/mol. The predicted octanol–water partition coefficient (Wildman–Crippen LogP) is -1.23. The minimum absolute atomic E-state index is 0.0559. The Kier molecular flexibility index (Phi) is 5.98. The van der Waals surface area contributed by atoms with Crippen LogP contribution >= 0.6 is 23.1 Å². The van der Waals surface area contributed by atoms with Gasteiger partial charge >= 0.3 is 5.97 Å². The minimum Gasteiger partial charge on any atom is -0.477 e. The van der Waals surface area contributed by atoms with Crippen molar-refractivity contribution < 1.29 is 29.5 Å². The molecular formula is C20H21N7O6S2. The fourth-order valence-corrected chi connectivity index (χ4v) is 6.25. The van der Waals surface area contributed by atoms with E-state index >= 15 is 0 Å². The number of thiazole rings is 1. The number of allylic oxidation sites excluding steroid dienone is 1. The van der Waals surface area contributed by atoms with E-state index in [4.69, 9.17) is 5.73 Å². The lowest BCUT2D eigenvalue weighted by Crippen LogP contribution is -2.71. The Labute approximate surface area is 206 Å². The van der Waals surface area contributed by atoms with Crippen molar-refractivity contribution in [3.63, 3.8) is 0 Å².